The van der Waals surface area contributed by atoms with E-state index in [1.165, 1.54) is 6.07 Å². The number of phenolic OH excluding ortho intramolecular Hbond substituents is 2. The van der Waals surface area contributed by atoms with Gasteiger partial charge in [-0.3, -0.25) is 4.79 Å². The SMILES string of the molecule is CCC(c1ccc(O)cc1O)N1CCCCC1=O. The van der Waals surface area contributed by atoms with Crippen LogP contribution in [-0.2, 0) is 4.79 Å². The number of hydrogen-bond donors (Lipinski definition) is 2. The van der Waals surface area contributed by atoms with E-state index < -0.39 is 0 Å². The van der Waals surface area contributed by atoms with Crippen molar-refractivity contribution in [2.75, 3.05) is 6.54 Å². The highest BCUT2D eigenvalue weighted by Crippen LogP contribution is 2.35. The first kappa shape index (κ1) is 12.7. The first-order valence-electron chi connectivity index (χ1n) is 6.44. The summed E-state index contributed by atoms with van der Waals surface area (Å²) < 4.78 is 0. The standard InChI is InChI=1S/C14H19NO3/c1-2-12(15-8-4-3-5-14(15)18)11-7-6-10(16)9-13(11)17/h6-7,9,12,16-17H,2-5,8H2,1H3. The molecule has 98 valence electrons. The number of carbonyl (C=O) groups excluding carboxylic acids is 1. The summed E-state index contributed by atoms with van der Waals surface area (Å²) in [5.41, 5.74) is 0.713. The Morgan fingerprint density at radius 3 is 2.72 bits per heavy atom. The van der Waals surface area contributed by atoms with Crippen molar-refractivity contribution < 1.29 is 15.0 Å². The summed E-state index contributed by atoms with van der Waals surface area (Å²) >= 11 is 0. The molecule has 0 bridgehead atoms. The monoisotopic (exact) mass is 249 g/mol. The summed E-state index contributed by atoms with van der Waals surface area (Å²) in [7, 11) is 0. The Morgan fingerprint density at radius 2 is 2.11 bits per heavy atom. The third kappa shape index (κ3) is 2.42. The molecule has 1 atom stereocenters. The molecular formula is C14H19NO3. The fourth-order valence-corrected chi connectivity index (χ4v) is 2.58. The van der Waals surface area contributed by atoms with Gasteiger partial charge in [0, 0.05) is 24.6 Å². The lowest BCUT2D eigenvalue weighted by Gasteiger charge is -2.34. The number of piperidine rings is 1. The van der Waals surface area contributed by atoms with E-state index >= 15 is 0 Å². The van der Waals surface area contributed by atoms with Gasteiger partial charge in [0.1, 0.15) is 11.5 Å². The van der Waals surface area contributed by atoms with Crippen molar-refractivity contribution in [3.8, 4) is 11.5 Å². The second-order valence-corrected chi connectivity index (χ2v) is 4.71. The van der Waals surface area contributed by atoms with Crippen molar-refractivity contribution >= 4 is 5.91 Å². The minimum absolute atomic E-state index is 0.0380. The lowest BCUT2D eigenvalue weighted by molar-refractivity contribution is -0.136. The Labute approximate surface area is 107 Å². The van der Waals surface area contributed by atoms with Crippen molar-refractivity contribution in [1.82, 2.24) is 4.90 Å². The number of aromatic hydroxyl groups is 2. The molecule has 2 N–H and O–H groups in total. The predicted molar refractivity (Wildman–Crippen MR) is 68.4 cm³/mol. The Kier molecular flexibility index (Phi) is 3.75. The third-order valence-corrected chi connectivity index (χ3v) is 3.50. The second kappa shape index (κ2) is 5.29. The number of likely N-dealkylation sites (tertiary alicyclic amines) is 1. The molecule has 0 aliphatic carbocycles. The lowest BCUT2D eigenvalue weighted by atomic mass is 9.98. The van der Waals surface area contributed by atoms with Gasteiger partial charge in [0.25, 0.3) is 0 Å². The van der Waals surface area contributed by atoms with E-state index in [9.17, 15) is 15.0 Å². The summed E-state index contributed by atoms with van der Waals surface area (Å²) in [4.78, 5) is 13.8. The lowest BCUT2D eigenvalue weighted by Crippen LogP contribution is -2.38. The van der Waals surface area contributed by atoms with Crippen LogP contribution in [0.2, 0.25) is 0 Å². The first-order chi connectivity index (χ1) is 8.63. The molecule has 1 aliphatic heterocycles. The summed E-state index contributed by atoms with van der Waals surface area (Å²) in [6.07, 6.45) is 3.31. The van der Waals surface area contributed by atoms with E-state index in [0.717, 1.165) is 25.8 Å². The van der Waals surface area contributed by atoms with Gasteiger partial charge in [-0.2, -0.15) is 0 Å². The van der Waals surface area contributed by atoms with Gasteiger partial charge in [-0.05, 0) is 31.4 Å². The van der Waals surface area contributed by atoms with E-state index in [2.05, 4.69) is 0 Å². The zero-order valence-electron chi connectivity index (χ0n) is 10.6. The van der Waals surface area contributed by atoms with E-state index in [4.69, 9.17) is 0 Å². The van der Waals surface area contributed by atoms with Crippen molar-refractivity contribution in [2.45, 2.75) is 38.6 Å². The largest absolute Gasteiger partial charge is 0.508 e. The minimum Gasteiger partial charge on any atom is -0.508 e. The normalized spacial score (nSPS) is 17.8. The molecule has 1 aromatic rings. The van der Waals surface area contributed by atoms with Gasteiger partial charge in [-0.25, -0.2) is 0 Å². The topological polar surface area (TPSA) is 60.8 Å². The molecule has 1 fully saturated rings. The van der Waals surface area contributed by atoms with Crippen molar-refractivity contribution in [3.05, 3.63) is 23.8 Å². The van der Waals surface area contributed by atoms with Gasteiger partial charge in [0.05, 0.1) is 6.04 Å². The first-order valence-corrected chi connectivity index (χ1v) is 6.44. The van der Waals surface area contributed by atoms with Gasteiger partial charge >= 0.3 is 0 Å². The number of nitrogens with zero attached hydrogens (tertiary/aromatic N) is 1. The number of hydrogen-bond acceptors (Lipinski definition) is 3. The van der Waals surface area contributed by atoms with Crippen LogP contribution in [0.5, 0.6) is 11.5 Å². The highest BCUT2D eigenvalue weighted by Gasteiger charge is 2.27. The molecule has 1 saturated heterocycles. The highest BCUT2D eigenvalue weighted by molar-refractivity contribution is 5.77. The van der Waals surface area contributed by atoms with Crippen LogP contribution >= 0.6 is 0 Å². The van der Waals surface area contributed by atoms with Gasteiger partial charge < -0.3 is 15.1 Å². The molecule has 0 saturated carbocycles. The molecule has 1 heterocycles. The molecule has 4 heteroatoms. The summed E-state index contributed by atoms with van der Waals surface area (Å²) in [6.45, 7) is 2.75. The highest BCUT2D eigenvalue weighted by atomic mass is 16.3. The smallest absolute Gasteiger partial charge is 0.223 e. The summed E-state index contributed by atoms with van der Waals surface area (Å²) in [5, 5.41) is 19.2. The number of benzene rings is 1. The molecule has 4 nitrogen and oxygen atoms in total. The second-order valence-electron chi connectivity index (χ2n) is 4.71. The summed E-state index contributed by atoms with van der Waals surface area (Å²) in [6, 6.07) is 4.47. The van der Waals surface area contributed by atoms with Crippen LogP contribution in [0, 0.1) is 0 Å². The van der Waals surface area contributed by atoms with Crippen molar-refractivity contribution in [2.24, 2.45) is 0 Å². The van der Waals surface area contributed by atoms with Crippen LogP contribution in [0.3, 0.4) is 0 Å². The number of phenols is 2. The van der Waals surface area contributed by atoms with Gasteiger partial charge in [0.2, 0.25) is 5.91 Å². The molecule has 18 heavy (non-hydrogen) atoms. The average molecular weight is 249 g/mol. The molecule has 0 spiro atoms. The van der Waals surface area contributed by atoms with E-state index in [-0.39, 0.29) is 23.4 Å². The average Bonchev–Trinajstić information content (AvgIpc) is 2.34. The quantitative estimate of drug-likeness (QED) is 0.865. The van der Waals surface area contributed by atoms with E-state index in [0.29, 0.717) is 12.0 Å². The Bertz CT molecular complexity index is 445. The molecule has 1 unspecified atom stereocenters. The Balaban J connectivity index is 2.29. The van der Waals surface area contributed by atoms with Crippen LogP contribution in [0.25, 0.3) is 0 Å². The van der Waals surface area contributed by atoms with Crippen LogP contribution < -0.4 is 0 Å². The third-order valence-electron chi connectivity index (χ3n) is 3.50. The van der Waals surface area contributed by atoms with Gasteiger partial charge in [0.15, 0.2) is 0 Å². The number of rotatable bonds is 3. The number of amides is 1. The maximum atomic E-state index is 11.9. The van der Waals surface area contributed by atoms with Crippen LogP contribution in [0.4, 0.5) is 0 Å². The Morgan fingerprint density at radius 1 is 1.33 bits per heavy atom. The van der Waals surface area contributed by atoms with Gasteiger partial charge in [-0.15, -0.1) is 0 Å². The van der Waals surface area contributed by atoms with Crippen LogP contribution in [-0.4, -0.2) is 27.6 Å². The van der Waals surface area contributed by atoms with Crippen molar-refractivity contribution in [3.63, 3.8) is 0 Å². The van der Waals surface area contributed by atoms with Crippen LogP contribution in [0.15, 0.2) is 18.2 Å². The minimum atomic E-state index is -0.0987. The van der Waals surface area contributed by atoms with Crippen LogP contribution in [0.1, 0.15) is 44.2 Å². The fourth-order valence-electron chi connectivity index (χ4n) is 2.58. The Hall–Kier alpha value is -1.71. The zero-order valence-corrected chi connectivity index (χ0v) is 10.6. The molecule has 1 amide bonds. The molecular weight excluding hydrogens is 230 g/mol. The molecule has 2 rings (SSSR count). The van der Waals surface area contributed by atoms with E-state index in [1.54, 1.807) is 12.1 Å². The predicted octanol–water partition coefficient (Wildman–Crippen LogP) is 2.56. The number of carbonyl (C=O) groups is 1. The summed E-state index contributed by atoms with van der Waals surface area (Å²) in [5.74, 6) is 0.247. The molecule has 0 radical (unpaired) electrons. The maximum absolute atomic E-state index is 11.9. The van der Waals surface area contributed by atoms with Gasteiger partial charge in [-0.1, -0.05) is 6.92 Å². The van der Waals surface area contributed by atoms with E-state index in [1.807, 2.05) is 11.8 Å². The molecule has 1 aliphatic rings. The van der Waals surface area contributed by atoms with Crippen molar-refractivity contribution in [1.29, 1.82) is 0 Å². The maximum Gasteiger partial charge on any atom is 0.223 e. The fraction of sp³-hybridized carbons (Fsp3) is 0.500. The zero-order chi connectivity index (χ0) is 13.1. The molecule has 0 aromatic heterocycles. The molecule has 1 aromatic carbocycles.